The second-order valence-corrected chi connectivity index (χ2v) is 4.95. The van der Waals surface area contributed by atoms with Crippen LogP contribution in [0.3, 0.4) is 0 Å². The Balaban J connectivity index is 2.13. The van der Waals surface area contributed by atoms with E-state index in [1.807, 2.05) is 0 Å². The van der Waals surface area contributed by atoms with Crippen LogP contribution < -0.4 is 15.8 Å². The molecule has 0 saturated carbocycles. The normalized spacial score (nSPS) is 10.5. The van der Waals surface area contributed by atoms with Gasteiger partial charge in [0.25, 0.3) is 5.91 Å². The van der Waals surface area contributed by atoms with Gasteiger partial charge in [0.15, 0.2) is 0 Å². The molecule has 0 fully saturated rings. The zero-order valence-corrected chi connectivity index (χ0v) is 12.2. The Morgan fingerprint density at radius 2 is 2.00 bits per heavy atom. The number of carbonyl (C=O) groups excluding carboxylic acids is 1. The van der Waals surface area contributed by atoms with Crippen molar-refractivity contribution in [2.45, 2.75) is 6.61 Å². The van der Waals surface area contributed by atoms with E-state index in [1.54, 1.807) is 24.3 Å². The molecule has 0 heterocycles. The minimum atomic E-state index is -2.91. The van der Waals surface area contributed by atoms with E-state index >= 15 is 0 Å². The first-order valence-electron chi connectivity index (χ1n) is 5.87. The van der Waals surface area contributed by atoms with Gasteiger partial charge in [-0.25, -0.2) is 0 Å². The maximum atomic E-state index is 12.1. The summed E-state index contributed by atoms with van der Waals surface area (Å²) in [7, 11) is 0. The summed E-state index contributed by atoms with van der Waals surface area (Å²) in [5.74, 6) is -0.411. The van der Waals surface area contributed by atoms with Gasteiger partial charge in [-0.3, -0.25) is 4.79 Å². The number of rotatable bonds is 4. The topological polar surface area (TPSA) is 64.4 Å². The summed E-state index contributed by atoms with van der Waals surface area (Å²) < 4.78 is 29.1. The van der Waals surface area contributed by atoms with Gasteiger partial charge < -0.3 is 15.8 Å². The van der Waals surface area contributed by atoms with Crippen LogP contribution in [0.4, 0.5) is 20.2 Å². The average molecular weight is 357 g/mol. The third-order valence-electron chi connectivity index (χ3n) is 2.58. The molecule has 2 aromatic rings. The van der Waals surface area contributed by atoms with Gasteiger partial charge in [0.1, 0.15) is 5.75 Å². The van der Waals surface area contributed by atoms with Crippen molar-refractivity contribution in [2.24, 2.45) is 0 Å². The number of nitrogens with two attached hydrogens (primary N) is 1. The van der Waals surface area contributed by atoms with Crippen LogP contribution in [0.25, 0.3) is 0 Å². The molecule has 0 atom stereocenters. The molecular weight excluding hydrogens is 346 g/mol. The zero-order chi connectivity index (χ0) is 15.4. The molecule has 2 rings (SSSR count). The number of nitrogens with one attached hydrogen (secondary N) is 1. The second kappa shape index (κ2) is 6.53. The van der Waals surface area contributed by atoms with Crippen molar-refractivity contribution in [1.82, 2.24) is 0 Å². The third kappa shape index (κ3) is 4.16. The first-order valence-corrected chi connectivity index (χ1v) is 6.66. The molecule has 0 aliphatic heterocycles. The number of hydrogen-bond donors (Lipinski definition) is 2. The summed E-state index contributed by atoms with van der Waals surface area (Å²) in [5.41, 5.74) is 6.89. The zero-order valence-electron chi connectivity index (χ0n) is 10.6. The maximum Gasteiger partial charge on any atom is 0.387 e. The van der Waals surface area contributed by atoms with Crippen LogP contribution >= 0.6 is 15.9 Å². The molecule has 7 heteroatoms. The van der Waals surface area contributed by atoms with Gasteiger partial charge >= 0.3 is 6.61 Å². The minimum Gasteiger partial charge on any atom is -0.435 e. The maximum absolute atomic E-state index is 12.1. The average Bonchev–Trinajstić information content (AvgIpc) is 2.41. The van der Waals surface area contributed by atoms with Gasteiger partial charge in [-0.15, -0.1) is 0 Å². The van der Waals surface area contributed by atoms with E-state index in [0.29, 0.717) is 21.4 Å². The molecule has 0 aromatic heterocycles. The molecular formula is C14H11BrF2N2O2. The highest BCUT2D eigenvalue weighted by molar-refractivity contribution is 9.10. The van der Waals surface area contributed by atoms with E-state index in [9.17, 15) is 13.6 Å². The quantitative estimate of drug-likeness (QED) is 0.817. The number of nitrogen functional groups attached to an aromatic ring is 1. The van der Waals surface area contributed by atoms with Crippen LogP contribution in [0.5, 0.6) is 5.75 Å². The molecule has 4 nitrogen and oxygen atoms in total. The van der Waals surface area contributed by atoms with Crippen LogP contribution in [0, 0.1) is 0 Å². The summed E-state index contributed by atoms with van der Waals surface area (Å²) >= 11 is 3.23. The van der Waals surface area contributed by atoms with Gasteiger partial charge in [-0.05, 0) is 46.3 Å². The molecule has 21 heavy (non-hydrogen) atoms. The lowest BCUT2D eigenvalue weighted by molar-refractivity contribution is -0.0497. The van der Waals surface area contributed by atoms with E-state index in [0.717, 1.165) is 0 Å². The van der Waals surface area contributed by atoms with E-state index in [2.05, 4.69) is 26.0 Å². The van der Waals surface area contributed by atoms with E-state index in [4.69, 9.17) is 5.73 Å². The van der Waals surface area contributed by atoms with Gasteiger partial charge in [0.2, 0.25) is 0 Å². The standard InChI is InChI=1S/C14H11BrF2N2O2/c15-11-6-8(4-5-12(11)18)13(20)19-9-2-1-3-10(7-9)21-14(16)17/h1-7,14H,18H2,(H,19,20). The summed E-state index contributed by atoms with van der Waals surface area (Å²) in [6.45, 7) is -2.91. The molecule has 0 saturated heterocycles. The summed E-state index contributed by atoms with van der Waals surface area (Å²) in [4.78, 5) is 12.0. The predicted octanol–water partition coefficient (Wildman–Crippen LogP) is 3.89. The summed E-state index contributed by atoms with van der Waals surface area (Å²) in [6.07, 6.45) is 0. The van der Waals surface area contributed by atoms with Crippen molar-refractivity contribution in [1.29, 1.82) is 0 Å². The molecule has 0 spiro atoms. The molecule has 2 aromatic carbocycles. The number of carbonyl (C=O) groups is 1. The number of hydrogen-bond acceptors (Lipinski definition) is 3. The van der Waals surface area contributed by atoms with Crippen LogP contribution in [0.2, 0.25) is 0 Å². The lowest BCUT2D eigenvalue weighted by Gasteiger charge is -2.09. The lowest BCUT2D eigenvalue weighted by atomic mass is 10.2. The Morgan fingerprint density at radius 1 is 1.24 bits per heavy atom. The molecule has 3 N–H and O–H groups in total. The number of halogens is 3. The number of anilines is 2. The molecule has 1 amide bonds. The molecule has 0 aliphatic rings. The van der Waals surface area contributed by atoms with Crippen molar-refractivity contribution >= 4 is 33.2 Å². The van der Waals surface area contributed by atoms with Crippen molar-refractivity contribution in [2.75, 3.05) is 11.1 Å². The fourth-order valence-electron chi connectivity index (χ4n) is 1.62. The lowest BCUT2D eigenvalue weighted by Crippen LogP contribution is -2.12. The number of ether oxygens (including phenoxy) is 1. The predicted molar refractivity (Wildman–Crippen MR) is 79.6 cm³/mol. The highest BCUT2D eigenvalue weighted by Gasteiger charge is 2.09. The van der Waals surface area contributed by atoms with E-state index in [1.165, 1.54) is 18.2 Å². The van der Waals surface area contributed by atoms with Crippen molar-refractivity contribution in [3.8, 4) is 5.75 Å². The fraction of sp³-hybridized carbons (Fsp3) is 0.0714. The van der Waals surface area contributed by atoms with Crippen molar-refractivity contribution < 1.29 is 18.3 Å². The van der Waals surface area contributed by atoms with Crippen molar-refractivity contribution in [3.63, 3.8) is 0 Å². The molecule has 110 valence electrons. The van der Waals surface area contributed by atoms with Crippen LogP contribution in [0.15, 0.2) is 46.9 Å². The van der Waals surface area contributed by atoms with E-state index in [-0.39, 0.29) is 11.7 Å². The second-order valence-electron chi connectivity index (χ2n) is 4.10. The Bertz CT molecular complexity index is 665. The van der Waals surface area contributed by atoms with E-state index < -0.39 is 6.61 Å². The highest BCUT2D eigenvalue weighted by Crippen LogP contribution is 2.22. The van der Waals surface area contributed by atoms with Crippen LogP contribution in [-0.2, 0) is 0 Å². The number of benzene rings is 2. The third-order valence-corrected chi connectivity index (χ3v) is 3.27. The highest BCUT2D eigenvalue weighted by atomic mass is 79.9. The molecule has 0 bridgehead atoms. The fourth-order valence-corrected chi connectivity index (χ4v) is 2.00. The summed E-state index contributed by atoms with van der Waals surface area (Å²) in [6, 6.07) is 10.5. The van der Waals surface area contributed by atoms with Gasteiger partial charge in [0.05, 0.1) is 0 Å². The largest absolute Gasteiger partial charge is 0.435 e. The van der Waals surface area contributed by atoms with Crippen LogP contribution in [-0.4, -0.2) is 12.5 Å². The molecule has 0 aliphatic carbocycles. The van der Waals surface area contributed by atoms with Gasteiger partial charge in [-0.2, -0.15) is 8.78 Å². The van der Waals surface area contributed by atoms with Gasteiger partial charge in [-0.1, -0.05) is 6.07 Å². The monoisotopic (exact) mass is 356 g/mol. The summed E-state index contributed by atoms with van der Waals surface area (Å²) in [5, 5.41) is 2.59. The smallest absolute Gasteiger partial charge is 0.387 e. The molecule has 0 radical (unpaired) electrons. The number of amides is 1. The number of alkyl halides is 2. The van der Waals surface area contributed by atoms with Crippen LogP contribution in [0.1, 0.15) is 10.4 Å². The Kier molecular flexibility index (Phi) is 4.74. The van der Waals surface area contributed by atoms with Gasteiger partial charge in [0, 0.05) is 27.5 Å². The molecule has 0 unspecified atom stereocenters. The minimum absolute atomic E-state index is 0.0266. The first kappa shape index (κ1) is 15.2. The Hall–Kier alpha value is -2.15. The SMILES string of the molecule is Nc1ccc(C(=O)Nc2cccc(OC(F)F)c2)cc1Br. The first-order chi connectivity index (χ1) is 9.95. The Labute approximate surface area is 128 Å². The Morgan fingerprint density at radius 3 is 2.67 bits per heavy atom. The van der Waals surface area contributed by atoms with Crippen molar-refractivity contribution in [3.05, 3.63) is 52.5 Å².